The maximum Gasteiger partial charge on any atom is 0.228 e. The fourth-order valence-electron chi connectivity index (χ4n) is 1.72. The fourth-order valence-corrected chi connectivity index (χ4v) is 2.05. The molecule has 0 spiro atoms. The van der Waals surface area contributed by atoms with E-state index in [1.54, 1.807) is 6.20 Å². The summed E-state index contributed by atoms with van der Waals surface area (Å²) in [6, 6.07) is 1.96. The molecule has 1 aliphatic rings. The highest BCUT2D eigenvalue weighted by atomic mass is 79.9. The van der Waals surface area contributed by atoms with E-state index in [9.17, 15) is 0 Å². The van der Waals surface area contributed by atoms with Gasteiger partial charge in [0.1, 0.15) is 6.10 Å². The van der Waals surface area contributed by atoms with Gasteiger partial charge in [0, 0.05) is 6.20 Å². The minimum Gasteiger partial charge on any atom is -0.474 e. The molecule has 82 valence electrons. The molecule has 0 aliphatic heterocycles. The Morgan fingerprint density at radius 1 is 1.60 bits per heavy atom. The molecule has 0 atom stereocenters. The Balaban J connectivity index is 1.97. The van der Waals surface area contributed by atoms with E-state index in [0.717, 1.165) is 29.4 Å². The molecule has 0 saturated heterocycles. The van der Waals surface area contributed by atoms with Gasteiger partial charge in [-0.2, -0.15) is 0 Å². The first kappa shape index (κ1) is 10.9. The SMILES string of the molecule is Cc1ccnc(OC2CC(CN)C2)c1Br. The van der Waals surface area contributed by atoms with Crippen molar-refractivity contribution in [3.05, 3.63) is 22.3 Å². The Kier molecular flexibility index (Phi) is 3.26. The Hall–Kier alpha value is -0.610. The highest BCUT2D eigenvalue weighted by Gasteiger charge is 2.30. The van der Waals surface area contributed by atoms with Crippen molar-refractivity contribution in [2.75, 3.05) is 6.54 Å². The predicted molar refractivity (Wildman–Crippen MR) is 62.9 cm³/mol. The monoisotopic (exact) mass is 270 g/mol. The van der Waals surface area contributed by atoms with Crippen LogP contribution in [0.5, 0.6) is 5.88 Å². The van der Waals surface area contributed by atoms with Gasteiger partial charge in [0.05, 0.1) is 4.47 Å². The molecule has 0 amide bonds. The normalized spacial score (nSPS) is 24.7. The molecule has 1 saturated carbocycles. The molecular formula is C11H15BrN2O. The van der Waals surface area contributed by atoms with Gasteiger partial charge in [-0.25, -0.2) is 4.98 Å². The van der Waals surface area contributed by atoms with Crippen LogP contribution in [-0.4, -0.2) is 17.6 Å². The van der Waals surface area contributed by atoms with Crippen molar-refractivity contribution in [3.8, 4) is 5.88 Å². The predicted octanol–water partition coefficient (Wildman–Crippen LogP) is 2.27. The van der Waals surface area contributed by atoms with Crippen molar-refractivity contribution in [2.24, 2.45) is 11.7 Å². The minimum atomic E-state index is 0.296. The van der Waals surface area contributed by atoms with Crippen molar-refractivity contribution < 1.29 is 4.74 Å². The lowest BCUT2D eigenvalue weighted by atomic mass is 9.82. The summed E-state index contributed by atoms with van der Waals surface area (Å²) in [5.74, 6) is 1.34. The summed E-state index contributed by atoms with van der Waals surface area (Å²) in [5.41, 5.74) is 6.71. The lowest BCUT2D eigenvalue weighted by Gasteiger charge is -2.34. The molecule has 2 rings (SSSR count). The third-order valence-electron chi connectivity index (χ3n) is 2.85. The summed E-state index contributed by atoms with van der Waals surface area (Å²) >= 11 is 3.48. The topological polar surface area (TPSA) is 48.1 Å². The second-order valence-corrected chi connectivity index (χ2v) is 4.85. The van der Waals surface area contributed by atoms with Crippen LogP contribution in [0.1, 0.15) is 18.4 Å². The van der Waals surface area contributed by atoms with Crippen molar-refractivity contribution in [1.82, 2.24) is 4.98 Å². The van der Waals surface area contributed by atoms with Crippen LogP contribution in [0.15, 0.2) is 16.7 Å². The van der Waals surface area contributed by atoms with Gasteiger partial charge in [0.15, 0.2) is 0 Å². The van der Waals surface area contributed by atoms with Gasteiger partial charge in [0.25, 0.3) is 0 Å². The molecule has 0 radical (unpaired) electrons. The van der Waals surface area contributed by atoms with E-state index in [1.165, 1.54) is 0 Å². The standard InChI is InChI=1S/C11H15BrN2O/c1-7-2-3-14-11(10(7)12)15-9-4-8(5-9)6-13/h2-3,8-9H,4-6,13H2,1H3. The molecular weight excluding hydrogens is 256 g/mol. The minimum absolute atomic E-state index is 0.296. The van der Waals surface area contributed by atoms with Crippen LogP contribution in [0.3, 0.4) is 0 Å². The number of aryl methyl sites for hydroxylation is 1. The number of ether oxygens (including phenoxy) is 1. The van der Waals surface area contributed by atoms with E-state index in [4.69, 9.17) is 10.5 Å². The maximum atomic E-state index is 5.78. The number of rotatable bonds is 3. The van der Waals surface area contributed by atoms with Crippen LogP contribution in [0.4, 0.5) is 0 Å². The largest absolute Gasteiger partial charge is 0.474 e. The Labute approximate surface area is 98.2 Å². The number of hydrogen-bond donors (Lipinski definition) is 1. The first-order chi connectivity index (χ1) is 7.20. The number of halogens is 1. The van der Waals surface area contributed by atoms with Crippen LogP contribution in [0, 0.1) is 12.8 Å². The summed E-state index contributed by atoms with van der Waals surface area (Å²) in [4.78, 5) is 4.21. The average molecular weight is 271 g/mol. The molecule has 1 aromatic rings. The summed E-state index contributed by atoms with van der Waals surface area (Å²) in [6.07, 6.45) is 4.18. The molecule has 3 nitrogen and oxygen atoms in total. The molecule has 4 heteroatoms. The van der Waals surface area contributed by atoms with Crippen LogP contribution in [0.2, 0.25) is 0 Å². The van der Waals surface area contributed by atoms with Crippen LogP contribution in [-0.2, 0) is 0 Å². The Morgan fingerprint density at radius 3 is 3.00 bits per heavy atom. The van der Waals surface area contributed by atoms with E-state index in [2.05, 4.69) is 20.9 Å². The van der Waals surface area contributed by atoms with E-state index < -0.39 is 0 Å². The first-order valence-electron chi connectivity index (χ1n) is 5.18. The molecule has 1 heterocycles. The maximum absolute atomic E-state index is 5.78. The Bertz CT molecular complexity index is 350. The van der Waals surface area contributed by atoms with Crippen molar-refractivity contribution in [1.29, 1.82) is 0 Å². The van der Waals surface area contributed by atoms with Crippen molar-refractivity contribution in [2.45, 2.75) is 25.9 Å². The summed E-state index contributed by atoms with van der Waals surface area (Å²) in [6.45, 7) is 2.80. The molecule has 1 aromatic heterocycles. The number of hydrogen-bond acceptors (Lipinski definition) is 3. The molecule has 0 aromatic carbocycles. The quantitative estimate of drug-likeness (QED) is 0.917. The lowest BCUT2D eigenvalue weighted by molar-refractivity contribution is 0.0641. The summed E-state index contributed by atoms with van der Waals surface area (Å²) < 4.78 is 6.74. The third kappa shape index (κ3) is 2.32. The van der Waals surface area contributed by atoms with Gasteiger partial charge >= 0.3 is 0 Å². The number of aromatic nitrogens is 1. The van der Waals surface area contributed by atoms with Crippen molar-refractivity contribution in [3.63, 3.8) is 0 Å². The zero-order valence-corrected chi connectivity index (χ0v) is 10.3. The average Bonchev–Trinajstić information content (AvgIpc) is 2.17. The van der Waals surface area contributed by atoms with Crippen LogP contribution >= 0.6 is 15.9 Å². The van der Waals surface area contributed by atoms with Gasteiger partial charge in [0.2, 0.25) is 5.88 Å². The molecule has 2 N–H and O–H groups in total. The second kappa shape index (κ2) is 4.49. The highest BCUT2D eigenvalue weighted by Crippen LogP contribution is 2.33. The fraction of sp³-hybridized carbons (Fsp3) is 0.545. The second-order valence-electron chi connectivity index (χ2n) is 4.06. The third-order valence-corrected chi connectivity index (χ3v) is 3.82. The zero-order valence-electron chi connectivity index (χ0n) is 8.74. The zero-order chi connectivity index (χ0) is 10.8. The number of nitrogens with two attached hydrogens (primary N) is 1. The summed E-state index contributed by atoms with van der Waals surface area (Å²) in [7, 11) is 0. The smallest absolute Gasteiger partial charge is 0.228 e. The van der Waals surface area contributed by atoms with Gasteiger partial charge < -0.3 is 10.5 Å². The lowest BCUT2D eigenvalue weighted by Crippen LogP contribution is -2.38. The molecule has 1 fully saturated rings. The van der Waals surface area contributed by atoms with Gasteiger partial charge in [-0.05, 0) is 59.8 Å². The van der Waals surface area contributed by atoms with Gasteiger partial charge in [-0.3, -0.25) is 0 Å². The first-order valence-corrected chi connectivity index (χ1v) is 5.98. The summed E-state index contributed by atoms with van der Waals surface area (Å²) in [5, 5.41) is 0. The van der Waals surface area contributed by atoms with Crippen molar-refractivity contribution >= 4 is 15.9 Å². The number of nitrogens with zero attached hydrogens (tertiary/aromatic N) is 1. The highest BCUT2D eigenvalue weighted by molar-refractivity contribution is 9.10. The van der Waals surface area contributed by atoms with Crippen LogP contribution < -0.4 is 10.5 Å². The molecule has 1 aliphatic carbocycles. The van der Waals surface area contributed by atoms with Gasteiger partial charge in [-0.1, -0.05) is 0 Å². The number of pyridine rings is 1. The van der Waals surface area contributed by atoms with Crippen LogP contribution in [0.25, 0.3) is 0 Å². The molecule has 15 heavy (non-hydrogen) atoms. The molecule has 0 bridgehead atoms. The van der Waals surface area contributed by atoms with E-state index in [0.29, 0.717) is 17.9 Å². The van der Waals surface area contributed by atoms with E-state index in [1.807, 2.05) is 13.0 Å². The van der Waals surface area contributed by atoms with Gasteiger partial charge in [-0.15, -0.1) is 0 Å². The van der Waals surface area contributed by atoms with E-state index >= 15 is 0 Å². The Morgan fingerprint density at radius 2 is 2.33 bits per heavy atom. The molecule has 0 unspecified atom stereocenters. The van der Waals surface area contributed by atoms with E-state index in [-0.39, 0.29) is 0 Å².